The zero-order chi connectivity index (χ0) is 23.7. The molecule has 2 rings (SSSR count). The smallest absolute Gasteiger partial charge is 0.347 e. The number of ether oxygens (including phenoxy) is 4. The van der Waals surface area contributed by atoms with Gasteiger partial charge in [0.05, 0.1) is 32.5 Å². The van der Waals surface area contributed by atoms with Gasteiger partial charge in [0.2, 0.25) is 0 Å². The van der Waals surface area contributed by atoms with Gasteiger partial charge in [0, 0.05) is 11.1 Å². The molecule has 1 heterocycles. The molecule has 0 bridgehead atoms. The Labute approximate surface area is 191 Å². The maximum absolute atomic E-state index is 12.7. The van der Waals surface area contributed by atoms with Gasteiger partial charge in [-0.15, -0.1) is 11.3 Å². The average molecular weight is 462 g/mol. The minimum absolute atomic E-state index is 0.101. The van der Waals surface area contributed by atoms with Crippen LogP contribution in [0, 0.1) is 6.92 Å². The lowest BCUT2D eigenvalue weighted by Gasteiger charge is -2.08. The second kappa shape index (κ2) is 11.9. The SMILES string of the molecule is CCOC(=O)C(=CNc1sc(-c2ccc(OC)cc2)c(C)c1C(=O)OCC)C(=O)OCC. The highest BCUT2D eigenvalue weighted by Crippen LogP contribution is 2.40. The Morgan fingerprint density at radius 3 is 2.00 bits per heavy atom. The molecule has 32 heavy (non-hydrogen) atoms. The van der Waals surface area contributed by atoms with E-state index in [1.54, 1.807) is 27.9 Å². The van der Waals surface area contributed by atoms with E-state index in [9.17, 15) is 14.4 Å². The lowest BCUT2D eigenvalue weighted by Crippen LogP contribution is -2.19. The van der Waals surface area contributed by atoms with E-state index >= 15 is 0 Å². The Hall–Kier alpha value is -3.33. The number of benzene rings is 1. The first kappa shape index (κ1) is 24.9. The predicted molar refractivity (Wildman–Crippen MR) is 122 cm³/mol. The minimum Gasteiger partial charge on any atom is -0.497 e. The molecule has 0 aliphatic carbocycles. The summed E-state index contributed by atoms with van der Waals surface area (Å²) >= 11 is 1.30. The van der Waals surface area contributed by atoms with Gasteiger partial charge in [-0.1, -0.05) is 0 Å². The largest absolute Gasteiger partial charge is 0.497 e. The van der Waals surface area contributed by atoms with E-state index in [2.05, 4.69) is 5.32 Å². The molecule has 0 amide bonds. The highest BCUT2D eigenvalue weighted by atomic mass is 32.1. The number of rotatable bonds is 10. The van der Waals surface area contributed by atoms with Gasteiger partial charge >= 0.3 is 17.9 Å². The molecule has 0 radical (unpaired) electrons. The Morgan fingerprint density at radius 2 is 1.50 bits per heavy atom. The molecule has 1 N–H and O–H groups in total. The van der Waals surface area contributed by atoms with E-state index in [0.717, 1.165) is 10.4 Å². The van der Waals surface area contributed by atoms with Crippen LogP contribution in [-0.2, 0) is 23.8 Å². The Bertz CT molecular complexity index is 973. The minimum atomic E-state index is -0.820. The van der Waals surface area contributed by atoms with Crippen molar-refractivity contribution in [2.75, 3.05) is 32.2 Å². The third-order valence-corrected chi connectivity index (χ3v) is 5.59. The molecular formula is C23H27NO7S. The first-order chi connectivity index (χ1) is 15.4. The van der Waals surface area contributed by atoms with Crippen molar-refractivity contribution in [1.82, 2.24) is 0 Å². The number of nitrogens with one attached hydrogen (secondary N) is 1. The molecule has 2 aromatic rings. The molecule has 0 unspecified atom stereocenters. The van der Waals surface area contributed by atoms with Crippen LogP contribution in [0.25, 0.3) is 10.4 Å². The zero-order valence-corrected chi connectivity index (χ0v) is 19.6. The van der Waals surface area contributed by atoms with Crippen molar-refractivity contribution in [2.45, 2.75) is 27.7 Å². The van der Waals surface area contributed by atoms with Crippen LogP contribution in [0.3, 0.4) is 0 Å². The molecule has 9 heteroatoms. The summed E-state index contributed by atoms with van der Waals surface area (Å²) in [6.07, 6.45) is 1.20. The van der Waals surface area contributed by atoms with Crippen LogP contribution >= 0.6 is 11.3 Å². The number of esters is 3. The Kier molecular flexibility index (Phi) is 9.27. The summed E-state index contributed by atoms with van der Waals surface area (Å²) in [4.78, 5) is 38.0. The molecule has 0 spiro atoms. The van der Waals surface area contributed by atoms with Crippen LogP contribution in [0.1, 0.15) is 36.7 Å². The topological polar surface area (TPSA) is 100 Å². The Balaban J connectivity index is 2.51. The summed E-state index contributed by atoms with van der Waals surface area (Å²) in [6, 6.07) is 7.42. The Morgan fingerprint density at radius 1 is 0.938 bits per heavy atom. The quantitative estimate of drug-likeness (QED) is 0.183. The van der Waals surface area contributed by atoms with Gasteiger partial charge in [-0.3, -0.25) is 0 Å². The number of hydrogen-bond donors (Lipinski definition) is 1. The first-order valence-corrected chi connectivity index (χ1v) is 10.9. The van der Waals surface area contributed by atoms with Crippen molar-refractivity contribution in [1.29, 1.82) is 0 Å². The van der Waals surface area contributed by atoms with Crippen LogP contribution in [0.2, 0.25) is 0 Å². The van der Waals surface area contributed by atoms with Crippen molar-refractivity contribution in [3.05, 3.63) is 47.2 Å². The number of thiophene rings is 1. The van der Waals surface area contributed by atoms with Crippen molar-refractivity contribution in [2.24, 2.45) is 0 Å². The van der Waals surface area contributed by atoms with Crippen LogP contribution < -0.4 is 10.1 Å². The van der Waals surface area contributed by atoms with Gasteiger partial charge in [-0.2, -0.15) is 0 Å². The second-order valence-electron chi connectivity index (χ2n) is 6.35. The highest BCUT2D eigenvalue weighted by molar-refractivity contribution is 7.20. The van der Waals surface area contributed by atoms with Gasteiger partial charge in [-0.25, -0.2) is 14.4 Å². The average Bonchev–Trinajstić information content (AvgIpc) is 3.10. The summed E-state index contributed by atoms with van der Waals surface area (Å²) in [6.45, 7) is 7.21. The van der Waals surface area contributed by atoms with Crippen molar-refractivity contribution >= 4 is 34.2 Å². The summed E-state index contributed by atoms with van der Waals surface area (Å²) in [5, 5.41) is 3.34. The molecule has 0 atom stereocenters. The number of methoxy groups -OCH3 is 1. The summed E-state index contributed by atoms with van der Waals surface area (Å²) in [7, 11) is 1.59. The lowest BCUT2D eigenvalue weighted by molar-refractivity contribution is -0.146. The number of carbonyl (C=O) groups is 3. The number of hydrogen-bond acceptors (Lipinski definition) is 9. The van der Waals surface area contributed by atoms with Crippen molar-refractivity contribution in [3.63, 3.8) is 0 Å². The standard InChI is InChI=1S/C23H27NO7S/c1-6-29-21(25)17(22(26)30-7-2)13-24-20-18(23(27)31-8-3)14(4)19(32-20)15-9-11-16(28-5)12-10-15/h9-13,24H,6-8H2,1-5H3. The van der Waals surface area contributed by atoms with E-state index in [1.165, 1.54) is 17.5 Å². The van der Waals surface area contributed by atoms with Crippen molar-refractivity contribution in [3.8, 4) is 16.2 Å². The highest BCUT2D eigenvalue weighted by Gasteiger charge is 2.25. The van der Waals surface area contributed by atoms with Crippen LogP contribution in [-0.4, -0.2) is 44.8 Å². The lowest BCUT2D eigenvalue weighted by atomic mass is 10.1. The second-order valence-corrected chi connectivity index (χ2v) is 7.37. The van der Waals surface area contributed by atoms with E-state index in [0.29, 0.717) is 21.9 Å². The molecule has 8 nitrogen and oxygen atoms in total. The molecule has 0 fully saturated rings. The number of anilines is 1. The predicted octanol–water partition coefficient (Wildman–Crippen LogP) is 4.33. The summed E-state index contributed by atoms with van der Waals surface area (Å²) in [5.74, 6) is -1.44. The van der Waals surface area contributed by atoms with E-state index in [4.69, 9.17) is 18.9 Å². The monoisotopic (exact) mass is 461 g/mol. The van der Waals surface area contributed by atoms with E-state index in [-0.39, 0.29) is 25.4 Å². The molecular weight excluding hydrogens is 434 g/mol. The summed E-state index contributed by atoms with van der Waals surface area (Å²) in [5.41, 5.74) is 1.61. The van der Waals surface area contributed by atoms with Crippen LogP contribution in [0.15, 0.2) is 36.0 Å². The molecule has 172 valence electrons. The van der Waals surface area contributed by atoms with Gasteiger partial charge in [-0.05, 0) is 63.1 Å². The molecule has 0 saturated heterocycles. The molecule has 0 saturated carbocycles. The van der Waals surface area contributed by atoms with Crippen LogP contribution in [0.5, 0.6) is 5.75 Å². The maximum atomic E-state index is 12.7. The number of carbonyl (C=O) groups excluding carboxylic acids is 3. The maximum Gasteiger partial charge on any atom is 0.347 e. The fraction of sp³-hybridized carbons (Fsp3) is 0.348. The van der Waals surface area contributed by atoms with Crippen LogP contribution in [0.4, 0.5) is 5.00 Å². The van der Waals surface area contributed by atoms with Crippen molar-refractivity contribution < 1.29 is 33.3 Å². The van der Waals surface area contributed by atoms with E-state index < -0.39 is 17.9 Å². The van der Waals surface area contributed by atoms with Gasteiger partial charge < -0.3 is 24.3 Å². The summed E-state index contributed by atoms with van der Waals surface area (Å²) < 4.78 is 20.3. The molecule has 0 aliphatic heterocycles. The van der Waals surface area contributed by atoms with Gasteiger partial charge in [0.1, 0.15) is 10.8 Å². The molecule has 1 aromatic heterocycles. The van der Waals surface area contributed by atoms with E-state index in [1.807, 2.05) is 31.2 Å². The molecule has 1 aromatic carbocycles. The zero-order valence-electron chi connectivity index (χ0n) is 18.8. The fourth-order valence-electron chi connectivity index (χ4n) is 2.84. The third kappa shape index (κ3) is 5.88. The third-order valence-electron chi connectivity index (χ3n) is 4.32. The normalized spacial score (nSPS) is 10.2. The fourth-order valence-corrected chi connectivity index (χ4v) is 4.01. The van der Waals surface area contributed by atoms with Gasteiger partial charge in [0.25, 0.3) is 0 Å². The first-order valence-electron chi connectivity index (χ1n) is 10.1. The molecule has 0 aliphatic rings. The van der Waals surface area contributed by atoms with Gasteiger partial charge in [0.15, 0.2) is 5.57 Å².